The van der Waals surface area contributed by atoms with Crippen molar-refractivity contribution in [2.75, 3.05) is 0 Å². The van der Waals surface area contributed by atoms with Crippen LogP contribution < -0.4 is 10.5 Å². The molecule has 0 radical (unpaired) electrons. The van der Waals surface area contributed by atoms with Gasteiger partial charge in [-0.1, -0.05) is 53.5 Å². The van der Waals surface area contributed by atoms with Crippen LogP contribution in [0.4, 0.5) is 4.39 Å². The first-order valence-corrected chi connectivity index (χ1v) is 9.83. The number of Topliss-reactive ketones (excluding diaryl/α,β-unsaturated/α-hetero) is 1. The highest BCUT2D eigenvalue weighted by Gasteiger charge is 2.19. The van der Waals surface area contributed by atoms with Crippen LogP contribution >= 0.6 is 23.2 Å². The SMILES string of the molecule is CC(C)Oc1ccc(F)c(-c2ccc(C(=O)C(N)c3ccc(Cl)c(Cl)c3)cc2)c1. The number of carbonyl (C=O) groups is 1. The van der Waals surface area contributed by atoms with Crippen molar-refractivity contribution in [1.82, 2.24) is 0 Å². The number of carbonyl (C=O) groups excluding carboxylic acids is 1. The van der Waals surface area contributed by atoms with Gasteiger partial charge < -0.3 is 10.5 Å². The Morgan fingerprint density at radius 3 is 2.28 bits per heavy atom. The second kappa shape index (κ2) is 8.95. The Kier molecular flexibility index (Phi) is 6.58. The van der Waals surface area contributed by atoms with Crippen molar-refractivity contribution in [3.05, 3.63) is 87.7 Å². The van der Waals surface area contributed by atoms with Crippen LogP contribution in [0.15, 0.2) is 60.7 Å². The molecule has 2 N–H and O–H groups in total. The van der Waals surface area contributed by atoms with Gasteiger partial charge in [-0.15, -0.1) is 0 Å². The average Bonchev–Trinajstić information content (AvgIpc) is 2.70. The fourth-order valence-electron chi connectivity index (χ4n) is 2.92. The van der Waals surface area contributed by atoms with Crippen LogP contribution in [-0.4, -0.2) is 11.9 Å². The molecule has 3 rings (SSSR count). The van der Waals surface area contributed by atoms with E-state index in [2.05, 4.69) is 0 Å². The largest absolute Gasteiger partial charge is 0.491 e. The Labute approximate surface area is 179 Å². The van der Waals surface area contributed by atoms with E-state index in [1.807, 2.05) is 13.8 Å². The van der Waals surface area contributed by atoms with E-state index in [0.29, 0.717) is 38.0 Å². The number of ketones is 1. The minimum absolute atomic E-state index is 0.0174. The lowest BCUT2D eigenvalue weighted by atomic mass is 9.96. The van der Waals surface area contributed by atoms with Crippen LogP contribution in [0, 0.1) is 5.82 Å². The van der Waals surface area contributed by atoms with Gasteiger partial charge in [0.1, 0.15) is 11.6 Å². The predicted octanol–water partition coefficient (Wildman–Crippen LogP) is 6.47. The monoisotopic (exact) mass is 431 g/mol. The molecule has 0 aromatic heterocycles. The van der Waals surface area contributed by atoms with E-state index < -0.39 is 6.04 Å². The second-order valence-electron chi connectivity index (χ2n) is 6.90. The Morgan fingerprint density at radius 2 is 1.66 bits per heavy atom. The molecule has 0 aliphatic carbocycles. The van der Waals surface area contributed by atoms with Crippen LogP contribution in [-0.2, 0) is 0 Å². The number of hydrogen-bond acceptors (Lipinski definition) is 3. The van der Waals surface area contributed by atoms with Crippen LogP contribution in [0.1, 0.15) is 35.8 Å². The highest BCUT2D eigenvalue weighted by molar-refractivity contribution is 6.42. The highest BCUT2D eigenvalue weighted by atomic mass is 35.5. The van der Waals surface area contributed by atoms with Crippen molar-refractivity contribution >= 4 is 29.0 Å². The van der Waals surface area contributed by atoms with Gasteiger partial charge in [-0.2, -0.15) is 0 Å². The summed E-state index contributed by atoms with van der Waals surface area (Å²) < 4.78 is 19.9. The van der Waals surface area contributed by atoms with Crippen molar-refractivity contribution in [2.45, 2.75) is 26.0 Å². The number of ether oxygens (including phenoxy) is 1. The van der Waals surface area contributed by atoms with Crippen molar-refractivity contribution in [3.63, 3.8) is 0 Å². The van der Waals surface area contributed by atoms with Gasteiger partial charge >= 0.3 is 0 Å². The average molecular weight is 432 g/mol. The molecule has 3 aromatic carbocycles. The number of hydrogen-bond donors (Lipinski definition) is 1. The summed E-state index contributed by atoms with van der Waals surface area (Å²) in [7, 11) is 0. The van der Waals surface area contributed by atoms with E-state index in [1.54, 1.807) is 54.6 Å². The molecule has 6 heteroatoms. The number of nitrogens with two attached hydrogens (primary N) is 1. The normalized spacial score (nSPS) is 12.1. The Balaban J connectivity index is 1.84. The fraction of sp³-hybridized carbons (Fsp3) is 0.174. The van der Waals surface area contributed by atoms with Crippen LogP contribution in [0.25, 0.3) is 11.1 Å². The van der Waals surface area contributed by atoms with Crippen molar-refractivity contribution < 1.29 is 13.9 Å². The minimum atomic E-state index is -0.880. The lowest BCUT2D eigenvalue weighted by molar-refractivity contribution is 0.0961. The van der Waals surface area contributed by atoms with E-state index in [4.69, 9.17) is 33.7 Å². The first kappa shape index (κ1) is 21.3. The summed E-state index contributed by atoms with van der Waals surface area (Å²) in [4.78, 5) is 12.7. The smallest absolute Gasteiger partial charge is 0.184 e. The summed E-state index contributed by atoms with van der Waals surface area (Å²) in [5.74, 6) is -0.0572. The van der Waals surface area contributed by atoms with Gasteiger partial charge in [0.2, 0.25) is 0 Å². The molecule has 0 bridgehead atoms. The summed E-state index contributed by atoms with van der Waals surface area (Å²) in [5, 5.41) is 0.729. The van der Waals surface area contributed by atoms with Gasteiger partial charge in [0.15, 0.2) is 5.78 Å². The minimum Gasteiger partial charge on any atom is -0.491 e. The standard InChI is InChI=1S/C23H20Cl2FNO2/c1-13(2)29-17-8-10-21(26)18(12-17)14-3-5-15(6-4-14)23(28)22(27)16-7-9-19(24)20(25)11-16/h3-13,22H,27H2,1-2H3. The van der Waals surface area contributed by atoms with Crippen LogP contribution in [0.3, 0.4) is 0 Å². The lowest BCUT2D eigenvalue weighted by Gasteiger charge is -2.13. The summed E-state index contributed by atoms with van der Waals surface area (Å²) in [6, 6.07) is 15.2. The van der Waals surface area contributed by atoms with Gasteiger partial charge in [0.05, 0.1) is 22.2 Å². The maximum Gasteiger partial charge on any atom is 0.184 e. The molecule has 0 amide bonds. The highest BCUT2D eigenvalue weighted by Crippen LogP contribution is 2.29. The van der Waals surface area contributed by atoms with Crippen LogP contribution in [0.2, 0.25) is 10.0 Å². The number of benzene rings is 3. The molecule has 0 aliphatic rings. The molecule has 1 unspecified atom stereocenters. The van der Waals surface area contributed by atoms with Gasteiger partial charge in [-0.05, 0) is 55.3 Å². The van der Waals surface area contributed by atoms with E-state index >= 15 is 0 Å². The molecule has 0 fully saturated rings. The van der Waals surface area contributed by atoms with E-state index in [1.165, 1.54) is 6.07 Å². The quantitative estimate of drug-likeness (QED) is 0.454. The molecule has 0 aliphatic heterocycles. The predicted molar refractivity (Wildman–Crippen MR) is 115 cm³/mol. The summed E-state index contributed by atoms with van der Waals surface area (Å²) >= 11 is 11.9. The Hall–Kier alpha value is -2.40. The van der Waals surface area contributed by atoms with Gasteiger partial charge in [0, 0.05) is 11.1 Å². The molecule has 0 saturated heterocycles. The number of halogens is 3. The van der Waals surface area contributed by atoms with Gasteiger partial charge in [-0.3, -0.25) is 4.79 Å². The van der Waals surface area contributed by atoms with Gasteiger partial charge in [0.25, 0.3) is 0 Å². The molecule has 1 atom stereocenters. The summed E-state index contributed by atoms with van der Waals surface area (Å²) in [6.07, 6.45) is -0.0174. The zero-order chi connectivity index (χ0) is 21.1. The summed E-state index contributed by atoms with van der Waals surface area (Å²) in [5.41, 5.74) is 8.12. The van der Waals surface area contributed by atoms with Crippen LogP contribution in [0.5, 0.6) is 5.75 Å². The first-order valence-electron chi connectivity index (χ1n) is 9.07. The second-order valence-corrected chi connectivity index (χ2v) is 7.72. The van der Waals surface area contributed by atoms with Crippen molar-refractivity contribution in [2.24, 2.45) is 5.73 Å². The third-order valence-electron chi connectivity index (χ3n) is 4.38. The molecule has 150 valence electrons. The number of rotatable bonds is 6. The first-order chi connectivity index (χ1) is 13.8. The molecular formula is C23H20Cl2FNO2. The van der Waals surface area contributed by atoms with Gasteiger partial charge in [-0.25, -0.2) is 4.39 Å². The Morgan fingerprint density at radius 1 is 0.966 bits per heavy atom. The summed E-state index contributed by atoms with van der Waals surface area (Å²) in [6.45, 7) is 3.81. The maximum atomic E-state index is 14.3. The molecule has 0 spiro atoms. The lowest BCUT2D eigenvalue weighted by Crippen LogP contribution is -2.21. The molecule has 3 nitrogen and oxygen atoms in total. The van der Waals surface area contributed by atoms with E-state index in [0.717, 1.165) is 0 Å². The van der Waals surface area contributed by atoms with E-state index in [-0.39, 0.29) is 17.7 Å². The zero-order valence-electron chi connectivity index (χ0n) is 16.0. The third kappa shape index (κ3) is 4.96. The maximum absolute atomic E-state index is 14.3. The molecule has 3 aromatic rings. The van der Waals surface area contributed by atoms with Crippen molar-refractivity contribution in [1.29, 1.82) is 0 Å². The molecule has 0 heterocycles. The van der Waals surface area contributed by atoms with E-state index in [9.17, 15) is 9.18 Å². The third-order valence-corrected chi connectivity index (χ3v) is 5.11. The zero-order valence-corrected chi connectivity index (χ0v) is 17.5. The molecule has 29 heavy (non-hydrogen) atoms. The van der Waals surface area contributed by atoms with Crippen molar-refractivity contribution in [3.8, 4) is 16.9 Å². The molecular weight excluding hydrogens is 412 g/mol. The molecule has 0 saturated carbocycles. The Bertz CT molecular complexity index is 1040. The topological polar surface area (TPSA) is 52.3 Å². The fourth-order valence-corrected chi connectivity index (χ4v) is 3.23.